The Labute approximate surface area is 201 Å². The molecule has 1 fully saturated rings. The van der Waals surface area contributed by atoms with Crippen LogP contribution < -0.4 is 10.9 Å². The summed E-state index contributed by atoms with van der Waals surface area (Å²) >= 11 is 0. The maximum absolute atomic E-state index is 12.8. The predicted molar refractivity (Wildman–Crippen MR) is 142 cm³/mol. The smallest absolute Gasteiger partial charge is 0.251 e. The Balaban J connectivity index is 1.36. The van der Waals surface area contributed by atoms with Gasteiger partial charge < -0.3 is 14.8 Å². The van der Waals surface area contributed by atoms with Gasteiger partial charge in [-0.1, -0.05) is 42.5 Å². The molecule has 4 nitrogen and oxygen atoms in total. The second-order valence-corrected chi connectivity index (χ2v) is 9.75. The number of benzene rings is 3. The highest BCUT2D eigenvalue weighted by Crippen LogP contribution is 2.25. The van der Waals surface area contributed by atoms with Gasteiger partial charge in [0.2, 0.25) is 0 Å². The number of fused-ring (bicyclic) bond motifs is 1. The molecule has 1 aliphatic heterocycles. The van der Waals surface area contributed by atoms with Crippen molar-refractivity contribution in [2.75, 3.05) is 25.5 Å². The quantitative estimate of drug-likeness (QED) is 0.391. The van der Waals surface area contributed by atoms with Crippen molar-refractivity contribution in [3.63, 3.8) is 0 Å². The summed E-state index contributed by atoms with van der Waals surface area (Å²) in [5, 5.41) is 4.59. The molecule has 1 N–H and O–H groups in total. The molecule has 0 saturated carbocycles. The van der Waals surface area contributed by atoms with Crippen molar-refractivity contribution in [3.8, 4) is 0 Å². The van der Waals surface area contributed by atoms with Gasteiger partial charge in [-0.25, -0.2) is 0 Å². The Morgan fingerprint density at radius 1 is 0.941 bits per heavy atom. The lowest BCUT2D eigenvalue weighted by molar-refractivity contribution is 0.209. The average Bonchev–Trinajstić information content (AvgIpc) is 2.83. The Morgan fingerprint density at radius 3 is 2.50 bits per heavy atom. The topological polar surface area (TPSA) is 37.3 Å². The molecule has 1 aliphatic rings. The molecule has 5 rings (SSSR count). The van der Waals surface area contributed by atoms with E-state index in [0.717, 1.165) is 40.2 Å². The van der Waals surface area contributed by atoms with Crippen LogP contribution >= 0.6 is 0 Å². The number of aryl methyl sites for hydroxylation is 1. The summed E-state index contributed by atoms with van der Waals surface area (Å²) in [5.74, 6) is 0.753. The molecule has 1 aromatic heterocycles. The van der Waals surface area contributed by atoms with Crippen molar-refractivity contribution in [2.45, 2.75) is 32.7 Å². The number of likely N-dealkylation sites (tertiary alicyclic amines) is 1. The van der Waals surface area contributed by atoms with Gasteiger partial charge in [-0.2, -0.15) is 0 Å². The lowest BCUT2D eigenvalue weighted by Crippen LogP contribution is -2.32. The SMILES string of the molecule is Cc1ccccc1Cn1c(=O)ccc2ccc(Nc3ccc(CC4CCCN(C)C4)cc3)cc21. The van der Waals surface area contributed by atoms with E-state index in [-0.39, 0.29) is 5.56 Å². The van der Waals surface area contributed by atoms with E-state index in [9.17, 15) is 4.79 Å². The standard InChI is InChI=1S/C30H33N3O/c1-22-6-3-4-8-26(22)21-33-29-19-28(15-11-25(29)12-16-30(33)34)31-27-13-9-23(10-14-27)18-24-7-5-17-32(2)20-24/h3-4,6,8-16,19,24,31H,5,7,17-18,20-21H2,1-2H3. The zero-order chi connectivity index (χ0) is 23.5. The molecule has 1 saturated heterocycles. The van der Waals surface area contributed by atoms with Crippen molar-refractivity contribution in [1.29, 1.82) is 0 Å². The Kier molecular flexibility index (Phi) is 6.50. The molecule has 174 valence electrons. The van der Waals surface area contributed by atoms with Crippen molar-refractivity contribution >= 4 is 22.3 Å². The highest BCUT2D eigenvalue weighted by atomic mass is 16.1. The van der Waals surface area contributed by atoms with Gasteiger partial charge in [0.05, 0.1) is 12.1 Å². The predicted octanol–water partition coefficient (Wildman–Crippen LogP) is 5.99. The van der Waals surface area contributed by atoms with Crippen LogP contribution in [0.3, 0.4) is 0 Å². The minimum Gasteiger partial charge on any atom is -0.355 e. The van der Waals surface area contributed by atoms with Gasteiger partial charge in [-0.3, -0.25) is 4.79 Å². The van der Waals surface area contributed by atoms with E-state index in [0.29, 0.717) is 6.54 Å². The number of aromatic nitrogens is 1. The average molecular weight is 452 g/mol. The highest BCUT2D eigenvalue weighted by Gasteiger charge is 2.17. The van der Waals surface area contributed by atoms with Crippen LogP contribution in [0.5, 0.6) is 0 Å². The van der Waals surface area contributed by atoms with Gasteiger partial charge in [0.25, 0.3) is 5.56 Å². The van der Waals surface area contributed by atoms with Crippen LogP contribution in [-0.4, -0.2) is 29.6 Å². The maximum atomic E-state index is 12.8. The van der Waals surface area contributed by atoms with E-state index >= 15 is 0 Å². The third-order valence-electron chi connectivity index (χ3n) is 7.07. The molecule has 3 aromatic carbocycles. The molecule has 1 unspecified atom stereocenters. The fourth-order valence-electron chi connectivity index (χ4n) is 5.15. The van der Waals surface area contributed by atoms with Crippen molar-refractivity contribution in [3.05, 3.63) is 106 Å². The molecule has 0 amide bonds. The molecule has 0 aliphatic carbocycles. The van der Waals surface area contributed by atoms with Gasteiger partial charge in [0.1, 0.15) is 0 Å². The minimum absolute atomic E-state index is 0.0191. The molecule has 1 atom stereocenters. The zero-order valence-electron chi connectivity index (χ0n) is 20.1. The molecule has 0 radical (unpaired) electrons. The molecular weight excluding hydrogens is 418 g/mol. The molecular formula is C30H33N3O. The number of nitrogens with zero attached hydrogens (tertiary/aromatic N) is 2. The normalized spacial score (nSPS) is 16.6. The van der Waals surface area contributed by atoms with E-state index in [1.54, 1.807) is 6.07 Å². The number of nitrogens with one attached hydrogen (secondary N) is 1. The number of rotatable bonds is 6. The van der Waals surface area contributed by atoms with Crippen molar-refractivity contribution in [2.24, 2.45) is 5.92 Å². The van der Waals surface area contributed by atoms with Gasteiger partial charge in [-0.05, 0) is 98.1 Å². The molecule has 34 heavy (non-hydrogen) atoms. The molecule has 2 heterocycles. The third kappa shape index (κ3) is 5.07. The lowest BCUT2D eigenvalue weighted by atomic mass is 9.91. The van der Waals surface area contributed by atoms with E-state index in [2.05, 4.69) is 78.8 Å². The monoisotopic (exact) mass is 451 g/mol. The summed E-state index contributed by atoms with van der Waals surface area (Å²) in [6, 6.07) is 26.9. The first-order valence-electron chi connectivity index (χ1n) is 12.3. The molecule has 4 aromatic rings. The minimum atomic E-state index is 0.0191. The second-order valence-electron chi connectivity index (χ2n) is 9.75. The van der Waals surface area contributed by atoms with Gasteiger partial charge in [-0.15, -0.1) is 0 Å². The first kappa shape index (κ1) is 22.4. The van der Waals surface area contributed by atoms with Crippen LogP contribution in [-0.2, 0) is 13.0 Å². The zero-order valence-corrected chi connectivity index (χ0v) is 20.1. The number of pyridine rings is 1. The highest BCUT2D eigenvalue weighted by molar-refractivity contribution is 5.83. The first-order chi connectivity index (χ1) is 16.5. The second kappa shape index (κ2) is 9.86. The van der Waals surface area contributed by atoms with E-state index in [1.807, 2.05) is 22.8 Å². The summed E-state index contributed by atoms with van der Waals surface area (Å²) in [6.07, 6.45) is 3.77. The number of anilines is 2. The Bertz CT molecular complexity index is 1340. The van der Waals surface area contributed by atoms with Crippen molar-refractivity contribution in [1.82, 2.24) is 9.47 Å². The van der Waals surface area contributed by atoms with Gasteiger partial charge >= 0.3 is 0 Å². The number of hydrogen-bond acceptors (Lipinski definition) is 3. The van der Waals surface area contributed by atoms with Crippen LogP contribution in [0.4, 0.5) is 11.4 Å². The van der Waals surface area contributed by atoms with Crippen LogP contribution in [0, 0.1) is 12.8 Å². The van der Waals surface area contributed by atoms with Crippen LogP contribution in [0.25, 0.3) is 10.9 Å². The molecule has 4 heteroatoms. The Morgan fingerprint density at radius 2 is 1.71 bits per heavy atom. The summed E-state index contributed by atoms with van der Waals surface area (Å²) in [5.41, 5.74) is 6.77. The van der Waals surface area contributed by atoms with Gasteiger partial charge in [0.15, 0.2) is 0 Å². The Hall–Kier alpha value is -3.37. The number of hydrogen-bond donors (Lipinski definition) is 1. The summed E-state index contributed by atoms with van der Waals surface area (Å²) < 4.78 is 1.87. The van der Waals surface area contributed by atoms with E-state index in [1.165, 1.54) is 37.1 Å². The van der Waals surface area contributed by atoms with Gasteiger partial charge in [0, 0.05) is 24.0 Å². The maximum Gasteiger partial charge on any atom is 0.251 e. The molecule has 0 spiro atoms. The fraction of sp³-hybridized carbons (Fsp3) is 0.300. The van der Waals surface area contributed by atoms with Crippen LogP contribution in [0.15, 0.2) is 83.7 Å². The molecule has 0 bridgehead atoms. The van der Waals surface area contributed by atoms with E-state index in [4.69, 9.17) is 0 Å². The summed E-state index contributed by atoms with van der Waals surface area (Å²) in [7, 11) is 2.23. The third-order valence-corrected chi connectivity index (χ3v) is 7.07. The summed E-state index contributed by atoms with van der Waals surface area (Å²) in [4.78, 5) is 15.2. The lowest BCUT2D eigenvalue weighted by Gasteiger charge is -2.29. The number of piperidine rings is 1. The van der Waals surface area contributed by atoms with E-state index < -0.39 is 0 Å². The van der Waals surface area contributed by atoms with Crippen LogP contribution in [0.2, 0.25) is 0 Å². The van der Waals surface area contributed by atoms with Crippen molar-refractivity contribution < 1.29 is 0 Å². The largest absolute Gasteiger partial charge is 0.355 e. The summed E-state index contributed by atoms with van der Waals surface area (Å²) in [6.45, 7) is 5.08. The first-order valence-corrected chi connectivity index (χ1v) is 12.3. The fourth-order valence-corrected chi connectivity index (χ4v) is 5.15. The van der Waals surface area contributed by atoms with Crippen LogP contribution in [0.1, 0.15) is 29.5 Å².